The van der Waals surface area contributed by atoms with Gasteiger partial charge in [0.05, 0.1) is 8.22 Å². The van der Waals surface area contributed by atoms with Gasteiger partial charge in [0.1, 0.15) is 0 Å². The molecule has 1 atom stereocenters. The van der Waals surface area contributed by atoms with E-state index in [1.807, 2.05) is 0 Å². The third-order valence-electron chi connectivity index (χ3n) is 1.38. The molecule has 0 heterocycles. The summed E-state index contributed by atoms with van der Waals surface area (Å²) in [6.45, 7) is 0. The summed E-state index contributed by atoms with van der Waals surface area (Å²) in [5.74, 6) is 0. The molecule has 0 radical (unpaired) electrons. The molecule has 0 saturated heterocycles. The maximum atomic E-state index is 7.78. The number of hydrogen-bond acceptors (Lipinski definition) is 0. The average Bonchev–Trinajstić information content (AvgIpc) is 2.30. The summed E-state index contributed by atoms with van der Waals surface area (Å²) in [6, 6.07) is -1.44. The molecule has 0 spiro atoms. The summed E-state index contributed by atoms with van der Waals surface area (Å²) in [5, 5.41) is 0. The van der Waals surface area contributed by atoms with Gasteiger partial charge in [-0.25, -0.2) is 0 Å². The fourth-order valence-electron chi connectivity index (χ4n) is 0.873. The molecule has 0 N–H and O–H groups in total. The maximum absolute atomic E-state index is 7.78. The molecule has 10 heavy (non-hydrogen) atoms. The second kappa shape index (κ2) is 2.30. The van der Waals surface area contributed by atoms with E-state index in [0.29, 0.717) is 0 Å². The summed E-state index contributed by atoms with van der Waals surface area (Å²) in [4.78, 5) is 0. The Morgan fingerprint density at radius 2 is 2.00 bits per heavy atom. The fraction of sp³-hybridized carbons (Fsp3) is 0.200. The second-order valence-electron chi connectivity index (χ2n) is 2.03. The van der Waals surface area contributed by atoms with Gasteiger partial charge < -0.3 is 0 Å². The normalized spacial score (nSPS) is 34.0. The first kappa shape index (κ1) is 1.97. The molecule has 1 aliphatic carbocycles. The van der Waals surface area contributed by atoms with E-state index in [0.717, 1.165) is 0 Å². The minimum absolute atomic E-state index is 0.000417. The molecule has 1 aliphatic rings. The van der Waals surface area contributed by atoms with E-state index in [1.54, 1.807) is 0 Å². The van der Waals surface area contributed by atoms with Crippen molar-refractivity contribution in [3.63, 3.8) is 0 Å². The molecule has 1 aromatic carbocycles. The van der Waals surface area contributed by atoms with Crippen LogP contribution in [-0.4, -0.2) is 0 Å². The molecular weight excluding hydrogens is 120 g/mol. The topological polar surface area (TPSA) is 0 Å². The first-order valence-electron chi connectivity index (χ1n) is 6.61. The zero-order valence-electron chi connectivity index (χ0n) is 12.3. The molecule has 2 rings (SSSR count). The van der Waals surface area contributed by atoms with Crippen molar-refractivity contribution in [1.82, 2.24) is 0 Å². The minimum atomic E-state index is -1.19. The lowest BCUT2D eigenvalue weighted by molar-refractivity contribution is 1.09. The summed E-state index contributed by atoms with van der Waals surface area (Å²) in [6.07, 6.45) is -1.19. The van der Waals surface area contributed by atoms with Gasteiger partial charge in [-0.05, 0) is 23.9 Å². The predicted octanol–water partition coefficient (Wildman–Crippen LogP) is 2.34. The van der Waals surface area contributed by atoms with Crippen LogP contribution in [0.25, 0.3) is 0 Å². The van der Waals surface area contributed by atoms with Gasteiger partial charge in [0, 0.05) is 1.37 Å². The molecule has 0 aliphatic heterocycles. The minimum Gasteiger partial charge on any atom is -0.0838 e. The summed E-state index contributed by atoms with van der Waals surface area (Å²) >= 11 is 0. The Bertz CT molecular complexity index is 532. The Hall–Kier alpha value is -1.04. The summed E-state index contributed by atoms with van der Waals surface area (Å²) in [7, 11) is 0. The van der Waals surface area contributed by atoms with Crippen LogP contribution < -0.4 is 0 Å². The first-order valence-corrected chi connectivity index (χ1v) is 3.03. The Morgan fingerprint density at radius 3 is 2.90 bits per heavy atom. The monoisotopic (exact) mass is 137 g/mol. The third-order valence-corrected chi connectivity index (χ3v) is 1.38. The Morgan fingerprint density at radius 1 is 1.20 bits per heavy atom. The van der Waals surface area contributed by atoms with Crippen LogP contribution in [0.5, 0.6) is 0 Å². The number of hydrogen-bond donors (Lipinski definition) is 0. The first-order chi connectivity index (χ1) is 7.86. The van der Waals surface area contributed by atoms with Gasteiger partial charge >= 0.3 is 0 Å². The maximum Gasteiger partial charge on any atom is 0.0626 e. The van der Waals surface area contributed by atoms with Crippen LogP contribution >= 0.6 is 0 Å². The van der Waals surface area contributed by atoms with Crippen LogP contribution in [0.15, 0.2) is 36.3 Å². The predicted molar refractivity (Wildman–Crippen MR) is 43.0 cm³/mol. The highest BCUT2D eigenvalue weighted by atomic mass is 14.1. The van der Waals surface area contributed by atoms with Crippen LogP contribution in [0.2, 0.25) is 0 Å². The zero-order valence-corrected chi connectivity index (χ0v) is 5.28. The standard InChI is InChI=1S/C10H10/c1-2-6-10-8-4-3-7-9(10)5-1/h1-6H,7-8H2/i1D,2D,3D,4D,5D,6D,7D. The van der Waals surface area contributed by atoms with Crippen LogP contribution in [0, 0.1) is 0 Å². The molecule has 0 saturated carbocycles. The highest BCUT2D eigenvalue weighted by Crippen LogP contribution is 2.14. The quantitative estimate of drug-likeness (QED) is 0.481. The fourth-order valence-corrected chi connectivity index (χ4v) is 0.873. The SMILES string of the molecule is [2H]C1=C([2H])C([2H])c2c([2H])c([2H])c([2H])c([2H])c2C1. The van der Waals surface area contributed by atoms with Crippen molar-refractivity contribution in [1.29, 1.82) is 0 Å². The molecule has 0 amide bonds. The van der Waals surface area contributed by atoms with E-state index in [4.69, 9.17) is 9.60 Å². The second-order valence-corrected chi connectivity index (χ2v) is 2.03. The highest BCUT2D eigenvalue weighted by molar-refractivity contribution is 5.33. The summed E-state index contributed by atoms with van der Waals surface area (Å²) in [5.41, 5.74) is 0.411. The van der Waals surface area contributed by atoms with Crippen LogP contribution in [0.4, 0.5) is 0 Å². The number of fused-ring (bicyclic) bond motifs is 1. The molecule has 0 heteroatoms. The van der Waals surface area contributed by atoms with Gasteiger partial charge in [-0.1, -0.05) is 36.3 Å². The van der Waals surface area contributed by atoms with Gasteiger partial charge in [-0.15, -0.1) is 0 Å². The Balaban J connectivity index is 2.78. The van der Waals surface area contributed by atoms with Crippen molar-refractivity contribution < 1.29 is 9.60 Å². The number of benzene rings is 1. The van der Waals surface area contributed by atoms with Gasteiger partial charge in [0.15, 0.2) is 0 Å². The van der Waals surface area contributed by atoms with Crippen molar-refractivity contribution in [3.8, 4) is 0 Å². The average molecular weight is 137 g/mol. The third kappa shape index (κ3) is 0.860. The number of allylic oxidation sites excluding steroid dienone is 2. The van der Waals surface area contributed by atoms with Gasteiger partial charge in [-0.3, -0.25) is 0 Å². The molecule has 50 valence electrons. The largest absolute Gasteiger partial charge is 0.0838 e. The zero-order chi connectivity index (χ0) is 12.9. The van der Waals surface area contributed by atoms with Crippen molar-refractivity contribution >= 4 is 0 Å². The van der Waals surface area contributed by atoms with Crippen LogP contribution in [0.1, 0.15) is 20.7 Å². The molecule has 1 unspecified atom stereocenters. The molecule has 0 nitrogen and oxygen atoms in total. The lowest BCUT2D eigenvalue weighted by Gasteiger charge is -2.08. The Labute approximate surface area is 71.0 Å². The van der Waals surface area contributed by atoms with E-state index >= 15 is 0 Å². The van der Waals surface area contributed by atoms with Crippen molar-refractivity contribution in [2.24, 2.45) is 0 Å². The smallest absolute Gasteiger partial charge is 0.0626 e. The lowest BCUT2D eigenvalue weighted by atomic mass is 9.97. The molecular formula is C10H10. The summed E-state index contributed by atoms with van der Waals surface area (Å²) < 4.78 is 53.4. The van der Waals surface area contributed by atoms with Crippen LogP contribution in [-0.2, 0) is 12.8 Å². The van der Waals surface area contributed by atoms with E-state index < -0.39 is 6.40 Å². The molecule has 0 aromatic heterocycles. The van der Waals surface area contributed by atoms with E-state index in [9.17, 15) is 0 Å². The van der Waals surface area contributed by atoms with Crippen molar-refractivity contribution in [2.75, 3.05) is 0 Å². The lowest BCUT2D eigenvalue weighted by Crippen LogP contribution is -1.95. The van der Waals surface area contributed by atoms with Gasteiger partial charge in [0.2, 0.25) is 0 Å². The van der Waals surface area contributed by atoms with E-state index in [-0.39, 0.29) is 53.8 Å². The van der Waals surface area contributed by atoms with Crippen molar-refractivity contribution in [2.45, 2.75) is 12.8 Å². The van der Waals surface area contributed by atoms with E-state index in [2.05, 4.69) is 0 Å². The number of rotatable bonds is 0. The van der Waals surface area contributed by atoms with Gasteiger partial charge in [0.25, 0.3) is 0 Å². The molecule has 0 bridgehead atoms. The van der Waals surface area contributed by atoms with Crippen LogP contribution in [0.3, 0.4) is 0 Å². The molecule has 1 aromatic rings. The Kier molecular flexibility index (Phi) is 0.453. The van der Waals surface area contributed by atoms with E-state index in [1.165, 1.54) is 0 Å². The molecule has 0 fully saturated rings. The van der Waals surface area contributed by atoms with Gasteiger partial charge in [-0.2, -0.15) is 0 Å². The highest BCUT2D eigenvalue weighted by Gasteiger charge is 2.00. The van der Waals surface area contributed by atoms with Crippen molar-refractivity contribution in [3.05, 3.63) is 47.4 Å².